The molecule has 0 unspecified atom stereocenters. The molecule has 158 valence electrons. The van der Waals surface area contributed by atoms with Gasteiger partial charge in [-0.15, -0.1) is 0 Å². The first kappa shape index (κ1) is 21.4. The number of carboxylic acids is 1. The van der Waals surface area contributed by atoms with Crippen LogP contribution < -0.4 is 5.32 Å². The van der Waals surface area contributed by atoms with Crippen LogP contribution in [0.5, 0.6) is 0 Å². The van der Waals surface area contributed by atoms with Gasteiger partial charge in [0.15, 0.2) is 0 Å². The molecule has 0 fully saturated rings. The molecule has 1 atom stereocenters. The van der Waals surface area contributed by atoms with Gasteiger partial charge in [-0.1, -0.05) is 48.5 Å². The Morgan fingerprint density at radius 2 is 1.53 bits per heavy atom. The number of alkyl carbamates (subject to hydrolysis) is 1. The zero-order valence-electron chi connectivity index (χ0n) is 17.2. The molecule has 1 aliphatic carbocycles. The summed E-state index contributed by atoms with van der Waals surface area (Å²) < 4.78 is 10.5. The summed E-state index contributed by atoms with van der Waals surface area (Å²) >= 11 is 0. The van der Waals surface area contributed by atoms with Crippen molar-refractivity contribution < 1.29 is 29.0 Å². The summed E-state index contributed by atoms with van der Waals surface area (Å²) in [7, 11) is 0. The van der Waals surface area contributed by atoms with E-state index in [4.69, 9.17) is 9.47 Å². The molecule has 0 radical (unpaired) electrons. The monoisotopic (exact) mass is 416 g/mol. The molecule has 30 heavy (non-hydrogen) atoms. The summed E-state index contributed by atoms with van der Waals surface area (Å²) in [6, 6.07) is 14.4. The lowest BCUT2D eigenvalue weighted by molar-refractivity contribution is -0.158. The van der Waals surface area contributed by atoms with Crippen LogP contribution >= 0.6 is 0 Å². The first-order valence-corrected chi connectivity index (χ1v) is 9.72. The second-order valence-corrected chi connectivity index (χ2v) is 8.15. The number of carbonyl (C=O) groups excluding carboxylic acids is 2. The van der Waals surface area contributed by atoms with E-state index in [-0.39, 0.29) is 12.5 Å². The molecule has 1 amide bonds. The molecule has 0 bridgehead atoms. The van der Waals surface area contributed by atoms with Gasteiger partial charge in [-0.3, -0.25) is 4.79 Å². The lowest BCUT2D eigenvalue weighted by Gasteiger charge is -2.21. The number of nitrogens with one attached hydrogen (secondary N) is 1. The van der Waals surface area contributed by atoms with Crippen LogP contribution in [0.2, 0.25) is 0 Å². The molecule has 3 rings (SSSR count). The average molecular weight is 416 g/mol. The third kappa shape index (κ3) is 4.97. The third-order valence-electron chi connectivity index (χ3n) is 4.72. The molecule has 1 aliphatic rings. The van der Waals surface area contributed by atoms with Gasteiger partial charge in [0.05, 0.1) is 6.42 Å². The largest absolute Gasteiger partial charge is 0.480 e. The van der Waals surface area contributed by atoms with E-state index < -0.39 is 36.1 Å². The number of hydrogen-bond acceptors (Lipinski definition) is 5. The van der Waals surface area contributed by atoms with Crippen LogP contribution in [0.25, 0.3) is 11.1 Å². The lowest BCUT2D eigenvalue weighted by atomic mass is 9.98. The minimum Gasteiger partial charge on any atom is -0.480 e. The van der Waals surface area contributed by atoms with Gasteiger partial charge in [-0.05, 0) is 43.0 Å². The molecule has 0 aromatic heterocycles. The van der Waals surface area contributed by atoms with Crippen molar-refractivity contribution in [3.63, 3.8) is 0 Å². The standard InChI is InChI=1S/C23H25NO6/c1-23(2,3)30-20(25)12-19(21(26)27)24-22(28)29-13-18-16-10-6-4-8-14(16)15-9-5-7-11-17(15)18/h4-11,18-19H,12-13H2,1-3H3,(H,24,28)(H,26,27)/t19-/m1/s1/i12+1,19+1,20+1,21+1,24+1. The molecule has 0 spiro atoms. The van der Waals surface area contributed by atoms with Crippen molar-refractivity contribution in [3.8, 4) is 11.1 Å². The molecular weight excluding hydrogens is 391 g/mol. The molecule has 7 nitrogen and oxygen atoms in total. The minimum atomic E-state index is -1.43. The second-order valence-electron chi connectivity index (χ2n) is 8.15. The molecule has 0 saturated carbocycles. The van der Waals surface area contributed by atoms with Crippen molar-refractivity contribution in [1.29, 1.82) is 0 Å². The number of esters is 1. The van der Waals surface area contributed by atoms with Crippen molar-refractivity contribution >= 4 is 18.0 Å². The van der Waals surface area contributed by atoms with Crippen molar-refractivity contribution in [2.24, 2.45) is 0 Å². The first-order valence-electron chi connectivity index (χ1n) is 9.72. The van der Waals surface area contributed by atoms with E-state index in [1.54, 1.807) is 20.8 Å². The Balaban J connectivity index is 1.64. The van der Waals surface area contributed by atoms with E-state index in [0.29, 0.717) is 0 Å². The average Bonchev–Trinajstić information content (AvgIpc) is 2.98. The molecule has 7 heteroatoms. The van der Waals surface area contributed by atoms with Crippen LogP contribution in [0.3, 0.4) is 0 Å². The van der Waals surface area contributed by atoms with E-state index in [1.165, 1.54) is 0 Å². The van der Waals surface area contributed by atoms with Crippen LogP contribution in [0.1, 0.15) is 44.2 Å². The fraction of sp³-hybridized carbons (Fsp3) is 0.348. The normalized spacial score (nSPS) is 13.7. The Bertz CT molecular complexity index is 917. The summed E-state index contributed by atoms with van der Waals surface area (Å²) in [5.74, 6) is -2.19. The number of rotatable bonds is 6. The number of amides is 1. The van der Waals surface area contributed by atoms with Gasteiger partial charge < -0.3 is 19.9 Å². The quantitative estimate of drug-likeness (QED) is 0.423. The van der Waals surface area contributed by atoms with Crippen LogP contribution in [0.15, 0.2) is 48.5 Å². The number of carbonyl (C=O) groups is 3. The van der Waals surface area contributed by atoms with Crippen molar-refractivity contribution in [2.45, 2.75) is 44.8 Å². The van der Waals surface area contributed by atoms with Crippen LogP contribution in [-0.2, 0) is 19.1 Å². The maximum absolute atomic E-state index is 12.3. The maximum Gasteiger partial charge on any atom is 0.407 e. The highest BCUT2D eigenvalue weighted by Crippen LogP contribution is 2.44. The highest BCUT2D eigenvalue weighted by Gasteiger charge is 2.30. The van der Waals surface area contributed by atoms with Crippen LogP contribution in [-0.4, -0.2) is 41.4 Å². The van der Waals surface area contributed by atoms with Crippen molar-refractivity contribution in [2.75, 3.05) is 6.61 Å². The molecule has 2 N–H and O–H groups in total. The van der Waals surface area contributed by atoms with Crippen molar-refractivity contribution in [3.05, 3.63) is 59.7 Å². The first-order chi connectivity index (χ1) is 14.2. The van der Waals surface area contributed by atoms with E-state index in [0.717, 1.165) is 22.3 Å². The predicted molar refractivity (Wildman–Crippen MR) is 110 cm³/mol. The summed E-state index contributed by atoms with van der Waals surface area (Å²) in [5, 5.41) is 11.6. The predicted octanol–water partition coefficient (Wildman–Crippen LogP) is 3.71. The number of carboxylic acid groups (broad SMARTS) is 1. The minimum absolute atomic E-state index is 0.0542. The highest BCUT2D eigenvalue weighted by atomic mass is 16.6. The Hall–Kier alpha value is -3.35. The molecule has 0 saturated heterocycles. The number of benzene rings is 2. The number of fused-ring (bicyclic) bond motifs is 3. The number of ether oxygens (including phenoxy) is 2. The fourth-order valence-electron chi connectivity index (χ4n) is 3.53. The summed E-state index contributed by atoms with van der Waals surface area (Å²) in [6.07, 6.45) is -1.38. The van der Waals surface area contributed by atoms with Gasteiger partial charge in [0, 0.05) is 5.92 Å². The Morgan fingerprint density at radius 1 is 1.00 bits per heavy atom. The molecule has 2 aromatic rings. The van der Waals surface area contributed by atoms with Gasteiger partial charge >= 0.3 is 18.0 Å². The van der Waals surface area contributed by atoms with Gasteiger partial charge in [-0.2, -0.15) is 0 Å². The fourth-order valence-corrected chi connectivity index (χ4v) is 3.53. The lowest BCUT2D eigenvalue weighted by Crippen LogP contribution is -2.43. The van der Waals surface area contributed by atoms with Gasteiger partial charge in [0.25, 0.3) is 0 Å². The Morgan fingerprint density at radius 3 is 2.03 bits per heavy atom. The SMILES string of the molecule is CC(C)(C)O[13C](=O)[13CH2][13C@@H]([15NH]C(=O)OCC1c2ccccc2-c2ccccc21)[13C](=O)O. The van der Waals surface area contributed by atoms with Gasteiger partial charge in [0.2, 0.25) is 0 Å². The molecule has 0 aliphatic heterocycles. The van der Waals surface area contributed by atoms with Gasteiger partial charge in [0.1, 0.15) is 18.2 Å². The van der Waals surface area contributed by atoms with Gasteiger partial charge in [-0.25, -0.2) is 9.59 Å². The van der Waals surface area contributed by atoms with Crippen LogP contribution in [0.4, 0.5) is 4.79 Å². The van der Waals surface area contributed by atoms with Crippen LogP contribution in [0, 0.1) is 0 Å². The summed E-state index contributed by atoms with van der Waals surface area (Å²) in [4.78, 5) is 35.6. The molecular formula is C23H25NO6. The zero-order chi connectivity index (χ0) is 21.9. The maximum atomic E-state index is 12.3. The van der Waals surface area contributed by atoms with Crippen molar-refractivity contribution in [1.82, 2.24) is 5.32 Å². The highest BCUT2D eigenvalue weighted by molar-refractivity contribution is 5.85. The summed E-state index contributed by atoms with van der Waals surface area (Å²) in [6.45, 7) is 5.09. The second kappa shape index (κ2) is 8.57. The third-order valence-corrected chi connectivity index (χ3v) is 4.72. The molecule has 2 aromatic carbocycles. The van der Waals surface area contributed by atoms with E-state index in [1.807, 2.05) is 48.5 Å². The zero-order valence-corrected chi connectivity index (χ0v) is 17.2. The van der Waals surface area contributed by atoms with E-state index >= 15 is 0 Å². The van der Waals surface area contributed by atoms with E-state index in [2.05, 4.69) is 5.32 Å². The smallest absolute Gasteiger partial charge is 0.407 e. The summed E-state index contributed by atoms with van der Waals surface area (Å²) in [5.41, 5.74) is 3.54. The Kier molecular flexibility index (Phi) is 6.10. The number of aliphatic carboxylic acids is 1. The topological polar surface area (TPSA) is 102 Å². The van der Waals surface area contributed by atoms with E-state index in [9.17, 15) is 19.5 Å². The number of hydrogen-bond donors (Lipinski definition) is 2. The Labute approximate surface area is 175 Å². The molecule has 0 heterocycles.